The lowest BCUT2D eigenvalue weighted by Crippen LogP contribution is -2.11. The van der Waals surface area contributed by atoms with E-state index in [1.807, 2.05) is 7.05 Å². The zero-order chi connectivity index (χ0) is 8.27. The van der Waals surface area contributed by atoms with Gasteiger partial charge in [-0.1, -0.05) is 0 Å². The molecule has 1 aliphatic heterocycles. The number of allylic oxidation sites excluding steroid dienone is 1. The van der Waals surface area contributed by atoms with Crippen molar-refractivity contribution >= 4 is 5.97 Å². The fourth-order valence-electron chi connectivity index (χ4n) is 1.21. The number of hydrogen-bond donors (Lipinski definition) is 0. The van der Waals surface area contributed by atoms with Crippen molar-refractivity contribution in [3.05, 3.63) is 11.8 Å². The Balaban J connectivity index is 2.57. The van der Waals surface area contributed by atoms with E-state index < -0.39 is 0 Å². The molecule has 0 unspecified atom stereocenters. The van der Waals surface area contributed by atoms with Crippen molar-refractivity contribution in [2.75, 3.05) is 20.7 Å². The number of esters is 1. The Bertz CT molecular complexity index is 187. The fraction of sp³-hybridized carbons (Fsp3) is 0.625. The van der Waals surface area contributed by atoms with Crippen LogP contribution in [-0.4, -0.2) is 31.6 Å². The largest absolute Gasteiger partial charge is 0.466 e. The number of ether oxygens (including phenoxy) is 1. The standard InChI is InChI=1S/C8H13NO2/c1-9-5-3-4-7(9)6-8(10)11-2/h6H,3-5H2,1-2H3/b7-6-. The summed E-state index contributed by atoms with van der Waals surface area (Å²) >= 11 is 0. The number of likely N-dealkylation sites (tertiary alicyclic amines) is 1. The molecule has 62 valence electrons. The van der Waals surface area contributed by atoms with Crippen molar-refractivity contribution in [3.8, 4) is 0 Å². The summed E-state index contributed by atoms with van der Waals surface area (Å²) in [5.74, 6) is -0.256. The van der Waals surface area contributed by atoms with E-state index in [0.717, 1.165) is 25.1 Å². The summed E-state index contributed by atoms with van der Waals surface area (Å²) in [6, 6.07) is 0. The van der Waals surface area contributed by atoms with Gasteiger partial charge >= 0.3 is 5.97 Å². The Hall–Kier alpha value is -0.990. The van der Waals surface area contributed by atoms with Gasteiger partial charge in [0.05, 0.1) is 7.11 Å². The summed E-state index contributed by atoms with van der Waals surface area (Å²) in [5, 5.41) is 0. The molecule has 0 bridgehead atoms. The first-order chi connectivity index (χ1) is 5.24. The number of carbonyl (C=O) groups excluding carboxylic acids is 1. The molecule has 0 amide bonds. The fourth-order valence-corrected chi connectivity index (χ4v) is 1.21. The predicted molar refractivity (Wildman–Crippen MR) is 42.0 cm³/mol. The summed E-state index contributed by atoms with van der Waals surface area (Å²) in [7, 11) is 3.39. The third-order valence-electron chi connectivity index (χ3n) is 1.90. The molecule has 1 rings (SSSR count). The maximum Gasteiger partial charge on any atom is 0.332 e. The van der Waals surface area contributed by atoms with Gasteiger partial charge in [-0.25, -0.2) is 4.79 Å². The van der Waals surface area contributed by atoms with Gasteiger partial charge in [0.1, 0.15) is 0 Å². The molecular formula is C8H13NO2. The molecule has 0 spiro atoms. The van der Waals surface area contributed by atoms with Gasteiger partial charge in [-0.05, 0) is 12.8 Å². The Kier molecular flexibility index (Phi) is 2.52. The molecule has 0 aromatic heterocycles. The second-order valence-electron chi connectivity index (χ2n) is 2.68. The van der Waals surface area contributed by atoms with Gasteiger partial charge in [0, 0.05) is 25.4 Å². The maximum absolute atomic E-state index is 10.8. The number of nitrogens with zero attached hydrogens (tertiary/aromatic N) is 1. The monoisotopic (exact) mass is 155 g/mol. The molecule has 3 nitrogen and oxygen atoms in total. The minimum absolute atomic E-state index is 0.256. The molecule has 0 saturated carbocycles. The number of hydrogen-bond acceptors (Lipinski definition) is 3. The van der Waals surface area contributed by atoms with Crippen LogP contribution in [0.4, 0.5) is 0 Å². The second kappa shape index (κ2) is 3.42. The molecule has 1 saturated heterocycles. The van der Waals surface area contributed by atoms with Crippen LogP contribution in [0.25, 0.3) is 0 Å². The lowest BCUT2D eigenvalue weighted by molar-refractivity contribution is -0.134. The van der Waals surface area contributed by atoms with Crippen molar-refractivity contribution in [1.29, 1.82) is 0 Å². The number of methoxy groups -OCH3 is 1. The molecule has 3 heteroatoms. The first-order valence-electron chi connectivity index (χ1n) is 3.73. The molecule has 0 aliphatic carbocycles. The van der Waals surface area contributed by atoms with E-state index in [2.05, 4.69) is 9.64 Å². The topological polar surface area (TPSA) is 29.5 Å². The van der Waals surface area contributed by atoms with Gasteiger partial charge in [0.2, 0.25) is 0 Å². The van der Waals surface area contributed by atoms with Crippen molar-refractivity contribution in [2.45, 2.75) is 12.8 Å². The van der Waals surface area contributed by atoms with E-state index in [9.17, 15) is 4.79 Å². The van der Waals surface area contributed by atoms with Crippen LogP contribution in [0, 0.1) is 0 Å². The van der Waals surface area contributed by atoms with Gasteiger partial charge in [-0.15, -0.1) is 0 Å². The molecule has 0 aromatic carbocycles. The zero-order valence-electron chi connectivity index (χ0n) is 6.96. The van der Waals surface area contributed by atoms with Crippen molar-refractivity contribution in [1.82, 2.24) is 4.90 Å². The van der Waals surface area contributed by atoms with Crippen molar-refractivity contribution in [3.63, 3.8) is 0 Å². The van der Waals surface area contributed by atoms with Gasteiger partial charge < -0.3 is 9.64 Å². The summed E-state index contributed by atoms with van der Waals surface area (Å²) in [6.07, 6.45) is 3.69. The minimum Gasteiger partial charge on any atom is -0.466 e. The average Bonchev–Trinajstić information content (AvgIpc) is 2.37. The van der Waals surface area contributed by atoms with Gasteiger partial charge in [-0.3, -0.25) is 0 Å². The number of rotatable bonds is 1. The van der Waals surface area contributed by atoms with Crippen LogP contribution in [0.3, 0.4) is 0 Å². The molecule has 1 aliphatic rings. The highest BCUT2D eigenvalue weighted by atomic mass is 16.5. The van der Waals surface area contributed by atoms with Gasteiger partial charge in [-0.2, -0.15) is 0 Å². The smallest absolute Gasteiger partial charge is 0.332 e. The van der Waals surface area contributed by atoms with E-state index in [-0.39, 0.29) is 5.97 Å². The molecule has 0 aromatic rings. The molecule has 1 heterocycles. The van der Waals surface area contributed by atoms with Crippen LogP contribution in [0.1, 0.15) is 12.8 Å². The molecule has 0 N–H and O–H groups in total. The third-order valence-corrected chi connectivity index (χ3v) is 1.90. The van der Waals surface area contributed by atoms with E-state index in [1.165, 1.54) is 7.11 Å². The van der Waals surface area contributed by atoms with E-state index in [4.69, 9.17) is 0 Å². The summed E-state index contributed by atoms with van der Waals surface area (Å²) in [4.78, 5) is 12.9. The zero-order valence-corrected chi connectivity index (χ0v) is 6.96. The summed E-state index contributed by atoms with van der Waals surface area (Å²) < 4.78 is 4.52. The Labute approximate surface area is 66.6 Å². The highest BCUT2D eigenvalue weighted by Gasteiger charge is 2.13. The molecular weight excluding hydrogens is 142 g/mol. The van der Waals surface area contributed by atoms with Crippen LogP contribution in [0.5, 0.6) is 0 Å². The summed E-state index contributed by atoms with van der Waals surface area (Å²) in [5.41, 5.74) is 1.08. The Morgan fingerprint density at radius 3 is 2.91 bits per heavy atom. The van der Waals surface area contributed by atoms with Crippen LogP contribution < -0.4 is 0 Å². The first kappa shape index (κ1) is 8.11. The average molecular weight is 155 g/mol. The van der Waals surface area contributed by atoms with Crippen molar-refractivity contribution in [2.24, 2.45) is 0 Å². The quantitative estimate of drug-likeness (QED) is 0.414. The minimum atomic E-state index is -0.256. The first-order valence-corrected chi connectivity index (χ1v) is 3.73. The van der Waals surface area contributed by atoms with E-state index >= 15 is 0 Å². The highest BCUT2D eigenvalue weighted by molar-refractivity contribution is 5.82. The second-order valence-corrected chi connectivity index (χ2v) is 2.68. The highest BCUT2D eigenvalue weighted by Crippen LogP contribution is 2.17. The SMILES string of the molecule is COC(=O)/C=C1/CCCN1C. The molecule has 0 atom stereocenters. The molecule has 1 fully saturated rings. The van der Waals surface area contributed by atoms with Gasteiger partial charge in [0.15, 0.2) is 0 Å². The van der Waals surface area contributed by atoms with Crippen LogP contribution in [0.15, 0.2) is 11.8 Å². The predicted octanol–water partition coefficient (Wildman–Crippen LogP) is 0.769. The van der Waals surface area contributed by atoms with Crippen LogP contribution in [0.2, 0.25) is 0 Å². The van der Waals surface area contributed by atoms with Gasteiger partial charge in [0.25, 0.3) is 0 Å². The lowest BCUT2D eigenvalue weighted by atomic mass is 10.3. The van der Waals surface area contributed by atoms with Crippen LogP contribution >= 0.6 is 0 Å². The normalized spacial score (nSPS) is 20.9. The third kappa shape index (κ3) is 1.97. The van der Waals surface area contributed by atoms with Crippen molar-refractivity contribution < 1.29 is 9.53 Å². The lowest BCUT2D eigenvalue weighted by Gasteiger charge is -2.11. The van der Waals surface area contributed by atoms with E-state index in [0.29, 0.717) is 0 Å². The Morgan fingerprint density at radius 2 is 2.45 bits per heavy atom. The van der Waals surface area contributed by atoms with E-state index in [1.54, 1.807) is 6.08 Å². The molecule has 11 heavy (non-hydrogen) atoms. The number of carbonyl (C=O) groups is 1. The Morgan fingerprint density at radius 1 is 1.73 bits per heavy atom. The molecule has 0 radical (unpaired) electrons. The summed E-state index contributed by atoms with van der Waals surface area (Å²) in [6.45, 7) is 1.04. The maximum atomic E-state index is 10.8. The van der Waals surface area contributed by atoms with Crippen LogP contribution in [-0.2, 0) is 9.53 Å².